The number of hydrogen-bond donors (Lipinski definition) is 3. The number of alkyl carbamates (subject to hydrolysis) is 1. The largest absolute Gasteiger partial charge is 0.470 e. The first-order chi connectivity index (χ1) is 28.1. The maximum atomic E-state index is 14.7. The predicted octanol–water partition coefficient (Wildman–Crippen LogP) is 5.94. The van der Waals surface area contributed by atoms with Gasteiger partial charge in [-0.15, -0.1) is 0 Å². The van der Waals surface area contributed by atoms with Gasteiger partial charge in [0.25, 0.3) is 11.8 Å². The molecule has 15 nitrogen and oxygen atoms in total. The molecule has 0 radical (unpaired) electrons. The Bertz CT molecular complexity index is 2450. The Balaban J connectivity index is 1.15. The van der Waals surface area contributed by atoms with Crippen LogP contribution in [0.2, 0.25) is 5.02 Å². The molecule has 59 heavy (non-hydrogen) atoms. The Morgan fingerprint density at radius 2 is 1.81 bits per heavy atom. The van der Waals surface area contributed by atoms with Crippen LogP contribution < -0.4 is 20.1 Å². The molecule has 5 atom stereocenters. The predicted molar refractivity (Wildman–Crippen MR) is 219 cm³/mol. The molecule has 4 aliphatic rings. The highest BCUT2D eigenvalue weighted by molar-refractivity contribution is 7.91. The summed E-state index contributed by atoms with van der Waals surface area (Å²) in [6.45, 7) is 5.06. The summed E-state index contributed by atoms with van der Waals surface area (Å²) in [5.74, 6) is -2.04. The number of halogens is 1. The second kappa shape index (κ2) is 15.8. The van der Waals surface area contributed by atoms with Crippen LogP contribution in [0.4, 0.5) is 4.79 Å². The molecule has 0 spiro atoms. The second-order valence-corrected chi connectivity index (χ2v) is 19.2. The van der Waals surface area contributed by atoms with E-state index in [4.69, 9.17) is 35.5 Å². The molecule has 2 aliphatic carbocycles. The van der Waals surface area contributed by atoms with Gasteiger partial charge < -0.3 is 29.4 Å². The Morgan fingerprint density at radius 3 is 2.56 bits per heavy atom. The zero-order valence-electron chi connectivity index (χ0n) is 33.0. The van der Waals surface area contributed by atoms with Gasteiger partial charge in [0.15, 0.2) is 5.82 Å². The molecule has 0 bridgehead atoms. The van der Waals surface area contributed by atoms with Gasteiger partial charge in [0, 0.05) is 28.3 Å². The molecule has 4 amide bonds. The quantitative estimate of drug-likeness (QED) is 0.186. The van der Waals surface area contributed by atoms with E-state index < -0.39 is 74.3 Å². The topological polar surface area (TPSA) is 199 Å². The minimum absolute atomic E-state index is 0.0342. The van der Waals surface area contributed by atoms with E-state index in [1.54, 1.807) is 39.0 Å². The van der Waals surface area contributed by atoms with Crippen molar-refractivity contribution in [1.29, 1.82) is 0 Å². The van der Waals surface area contributed by atoms with Gasteiger partial charge in [-0.05, 0) is 77.5 Å². The molecule has 1 saturated heterocycles. The van der Waals surface area contributed by atoms with Crippen LogP contribution in [0.3, 0.4) is 0 Å². The van der Waals surface area contributed by atoms with Gasteiger partial charge in [0.2, 0.25) is 27.4 Å². The van der Waals surface area contributed by atoms with Gasteiger partial charge in [0.1, 0.15) is 40.4 Å². The Labute approximate surface area is 346 Å². The third-order valence-electron chi connectivity index (χ3n) is 11.1. The van der Waals surface area contributed by atoms with Crippen LogP contribution in [-0.4, -0.2) is 88.2 Å². The normalized spacial score (nSPS) is 25.9. The molecule has 2 aliphatic heterocycles. The summed E-state index contributed by atoms with van der Waals surface area (Å²) in [6, 6.07) is 12.2. The summed E-state index contributed by atoms with van der Waals surface area (Å²) >= 11 is 6.38. The molecule has 2 saturated carbocycles. The molecule has 4 heterocycles. The molecule has 8 rings (SSSR count). The van der Waals surface area contributed by atoms with E-state index in [-0.39, 0.29) is 37.3 Å². The number of benzene rings is 2. The van der Waals surface area contributed by atoms with E-state index in [9.17, 15) is 27.6 Å². The van der Waals surface area contributed by atoms with E-state index in [1.165, 1.54) is 4.90 Å². The lowest BCUT2D eigenvalue weighted by Gasteiger charge is -2.30. The van der Waals surface area contributed by atoms with Crippen molar-refractivity contribution < 1.29 is 41.5 Å². The number of carbonyl (C=O) groups is 4. The SMILES string of the molecule is CC(C)(C)OC(=O)N[C@@H]1CCCCC/C=C\[C@@H]2C[C@@]2(C(=O)NS(=O)(=O)C2CC2)NC(=O)[C@@H]2C[C@H](Oc3nc(-c4ccccc4)nc4c3oc3ccc(Cl)cc34)CN2C1=O. The van der Waals surface area contributed by atoms with Gasteiger partial charge in [-0.3, -0.25) is 19.1 Å². The van der Waals surface area contributed by atoms with Crippen LogP contribution in [0.1, 0.15) is 78.6 Å². The van der Waals surface area contributed by atoms with Gasteiger partial charge in [-0.25, -0.2) is 18.2 Å². The zero-order chi connectivity index (χ0) is 41.7. The van der Waals surface area contributed by atoms with Crippen LogP contribution in [-0.2, 0) is 29.1 Å². The smallest absolute Gasteiger partial charge is 0.408 e. The second-order valence-electron chi connectivity index (χ2n) is 16.8. The van der Waals surface area contributed by atoms with Crippen molar-refractivity contribution in [1.82, 2.24) is 30.2 Å². The summed E-state index contributed by atoms with van der Waals surface area (Å²) in [4.78, 5) is 67.1. The average Bonchev–Trinajstić information content (AvgIpc) is 4.08. The number of sulfonamides is 1. The molecule has 2 aromatic heterocycles. The fraction of sp³-hybridized carbons (Fsp3) is 0.476. The number of rotatable bonds is 7. The summed E-state index contributed by atoms with van der Waals surface area (Å²) in [5, 5.41) is 6.10. The number of allylic oxidation sites excluding steroid dienone is 1. The number of nitrogens with one attached hydrogen (secondary N) is 3. The highest BCUT2D eigenvalue weighted by atomic mass is 35.5. The monoisotopic (exact) mass is 846 g/mol. The number of carbonyl (C=O) groups excluding carboxylic acids is 4. The summed E-state index contributed by atoms with van der Waals surface area (Å²) in [7, 11) is -3.93. The third-order valence-corrected chi connectivity index (χ3v) is 13.1. The van der Waals surface area contributed by atoms with Crippen LogP contribution in [0.15, 0.2) is 65.1 Å². The molecule has 3 N–H and O–H groups in total. The highest BCUT2D eigenvalue weighted by Crippen LogP contribution is 2.46. The Hall–Kier alpha value is -5.22. The average molecular weight is 847 g/mol. The molecule has 17 heteroatoms. The number of ether oxygens (including phenoxy) is 2. The van der Waals surface area contributed by atoms with Gasteiger partial charge in [-0.2, -0.15) is 4.98 Å². The first-order valence-electron chi connectivity index (χ1n) is 20.1. The third kappa shape index (κ3) is 8.74. The van der Waals surface area contributed by atoms with Crippen LogP contribution in [0.25, 0.3) is 33.5 Å². The fourth-order valence-corrected chi connectivity index (χ4v) is 9.38. The molecular formula is C42H47ClN6O9S. The minimum Gasteiger partial charge on any atom is -0.470 e. The maximum Gasteiger partial charge on any atom is 0.408 e. The van der Waals surface area contributed by atoms with Gasteiger partial charge >= 0.3 is 6.09 Å². The standard InChI is InChI=1S/C42H47ClN6O9S/c1-41(2,3)58-40(53)44-30-15-11-6-4-5-10-14-25-22-42(25,39(52)48-59(54,55)28-17-18-28)47-36(50)31-21-27(23-49(31)38(30)51)56-37-34-33(29-20-26(43)16-19-32(29)57-34)45-35(46-37)24-12-8-7-9-13-24/h7-10,12-14,16,19-20,25,27-28,30-31H,4-6,11,15,17-18,21-23H2,1-3H3,(H,44,53)(H,47,50)(H,48,52)/b14-10-/t25-,27+,30-,31+,42-/m1/s1. The number of furan rings is 1. The number of hydrogen-bond acceptors (Lipinski definition) is 11. The van der Waals surface area contributed by atoms with E-state index in [0.717, 1.165) is 12.8 Å². The highest BCUT2D eigenvalue weighted by Gasteiger charge is 2.62. The summed E-state index contributed by atoms with van der Waals surface area (Å²) < 4.78 is 46.4. The van der Waals surface area contributed by atoms with Gasteiger partial charge in [0.05, 0.1) is 11.8 Å². The first-order valence-corrected chi connectivity index (χ1v) is 22.0. The van der Waals surface area contributed by atoms with E-state index >= 15 is 0 Å². The lowest BCUT2D eigenvalue weighted by molar-refractivity contribution is -0.141. The lowest BCUT2D eigenvalue weighted by atomic mass is 10.0. The molecule has 0 unspecified atom stereocenters. The molecule has 2 aromatic carbocycles. The van der Waals surface area contributed by atoms with Crippen molar-refractivity contribution in [3.8, 4) is 17.3 Å². The summed E-state index contributed by atoms with van der Waals surface area (Å²) in [6.07, 6.45) is 6.30. The van der Waals surface area contributed by atoms with Crippen molar-refractivity contribution in [2.45, 2.75) is 113 Å². The minimum atomic E-state index is -3.93. The first kappa shape index (κ1) is 40.6. The van der Waals surface area contributed by atoms with Crippen molar-refractivity contribution in [3.05, 3.63) is 65.7 Å². The van der Waals surface area contributed by atoms with Gasteiger partial charge in [-0.1, -0.05) is 66.9 Å². The number of amides is 4. The van der Waals surface area contributed by atoms with Crippen molar-refractivity contribution in [2.24, 2.45) is 5.92 Å². The number of nitrogens with zero attached hydrogens (tertiary/aromatic N) is 3. The molecule has 312 valence electrons. The fourth-order valence-electron chi connectivity index (χ4n) is 7.84. The Morgan fingerprint density at radius 1 is 1.03 bits per heavy atom. The Kier molecular flexibility index (Phi) is 10.8. The zero-order valence-corrected chi connectivity index (χ0v) is 34.6. The molecule has 3 fully saturated rings. The summed E-state index contributed by atoms with van der Waals surface area (Å²) in [5.41, 5.74) is -0.473. The van der Waals surface area contributed by atoms with E-state index in [1.807, 2.05) is 42.5 Å². The van der Waals surface area contributed by atoms with Crippen molar-refractivity contribution in [2.75, 3.05) is 6.54 Å². The van der Waals surface area contributed by atoms with E-state index in [2.05, 4.69) is 15.4 Å². The lowest BCUT2D eigenvalue weighted by Crippen LogP contribution is -2.58. The van der Waals surface area contributed by atoms with E-state index in [0.29, 0.717) is 58.6 Å². The van der Waals surface area contributed by atoms with Crippen molar-refractivity contribution >= 4 is 67.5 Å². The number of aromatic nitrogens is 2. The molecular weight excluding hydrogens is 800 g/mol. The van der Waals surface area contributed by atoms with Crippen LogP contribution in [0.5, 0.6) is 5.88 Å². The van der Waals surface area contributed by atoms with Crippen LogP contribution in [0, 0.1) is 5.92 Å². The van der Waals surface area contributed by atoms with Crippen LogP contribution >= 0.6 is 11.6 Å². The maximum absolute atomic E-state index is 14.7. The van der Waals surface area contributed by atoms with Crippen molar-refractivity contribution in [3.63, 3.8) is 0 Å². The molecule has 4 aromatic rings. The number of fused-ring (bicyclic) bond motifs is 5.